The van der Waals surface area contributed by atoms with Gasteiger partial charge in [-0.2, -0.15) is 0 Å². The molecule has 43 heavy (non-hydrogen) atoms. The molecule has 15 nitrogen and oxygen atoms in total. The first-order valence-corrected chi connectivity index (χ1v) is 13.5. The number of phenolic OH excluding ortho intramolecular Hbond substituents is 2. The molecule has 2 aromatic rings. The van der Waals surface area contributed by atoms with Crippen LogP contribution in [0.15, 0.2) is 30.3 Å². The monoisotopic (exact) mass is 610 g/mol. The van der Waals surface area contributed by atoms with E-state index in [9.17, 15) is 45.6 Å². The molecule has 0 amide bonds. The van der Waals surface area contributed by atoms with Crippen LogP contribution in [0.1, 0.15) is 35.4 Å². The summed E-state index contributed by atoms with van der Waals surface area (Å²) in [5, 5.41) is 82.2. The van der Waals surface area contributed by atoms with E-state index in [0.717, 1.165) is 6.07 Å². The number of ketones is 1. The predicted molar refractivity (Wildman–Crippen MR) is 141 cm³/mol. The number of benzene rings is 2. The van der Waals surface area contributed by atoms with Gasteiger partial charge < -0.3 is 69.3 Å². The fourth-order valence-corrected chi connectivity index (χ4v) is 5.20. The SMILES string of the molecule is COc1ccc(C2CC(=O)c3c(O)cc(O[C@@H]4O[C@H](CO[C@@H]5O[C@H](C)[C@@H](O)[C@H](O)[C@@H]5O)[C@@H](O)[C@H](O)[C@H]4O)cc3O2)cc1O. The van der Waals surface area contributed by atoms with Gasteiger partial charge in [-0.05, 0) is 24.6 Å². The number of hydrogen-bond acceptors (Lipinski definition) is 15. The van der Waals surface area contributed by atoms with Gasteiger partial charge in [0, 0.05) is 12.1 Å². The van der Waals surface area contributed by atoms with E-state index in [-0.39, 0.29) is 35.0 Å². The smallest absolute Gasteiger partial charge is 0.229 e. The number of phenols is 2. The third-order valence-electron chi connectivity index (χ3n) is 7.70. The highest BCUT2D eigenvalue weighted by Crippen LogP contribution is 2.43. The van der Waals surface area contributed by atoms with Gasteiger partial charge in [-0.3, -0.25) is 4.79 Å². The minimum absolute atomic E-state index is 0.0457. The fourth-order valence-electron chi connectivity index (χ4n) is 5.20. The fraction of sp³-hybridized carbons (Fsp3) is 0.536. The summed E-state index contributed by atoms with van der Waals surface area (Å²) in [6, 6.07) is 6.90. The largest absolute Gasteiger partial charge is 0.507 e. The van der Waals surface area contributed by atoms with Crippen molar-refractivity contribution in [3.8, 4) is 28.7 Å². The topological polar surface area (TPSA) is 234 Å². The highest BCUT2D eigenvalue weighted by Gasteiger charge is 2.47. The van der Waals surface area contributed by atoms with Gasteiger partial charge in [0.1, 0.15) is 71.6 Å². The summed E-state index contributed by atoms with van der Waals surface area (Å²) in [5.41, 5.74) is 0.373. The molecule has 236 valence electrons. The Labute approximate surface area is 245 Å². The number of aliphatic hydroxyl groups is 6. The molecule has 0 spiro atoms. The quantitative estimate of drug-likeness (QED) is 0.185. The Bertz CT molecular complexity index is 1320. The van der Waals surface area contributed by atoms with Crippen molar-refractivity contribution in [2.24, 2.45) is 0 Å². The molecule has 0 saturated carbocycles. The van der Waals surface area contributed by atoms with Crippen molar-refractivity contribution in [1.29, 1.82) is 0 Å². The van der Waals surface area contributed by atoms with Crippen LogP contribution in [0, 0.1) is 0 Å². The van der Waals surface area contributed by atoms with Crippen LogP contribution in [0.4, 0.5) is 0 Å². The van der Waals surface area contributed by atoms with Crippen molar-refractivity contribution in [3.63, 3.8) is 0 Å². The second kappa shape index (κ2) is 12.4. The second-order valence-electron chi connectivity index (χ2n) is 10.6. The van der Waals surface area contributed by atoms with Crippen LogP contribution in [0.3, 0.4) is 0 Å². The number of carbonyl (C=O) groups is 1. The molecule has 0 aliphatic carbocycles. The lowest BCUT2D eigenvalue weighted by Crippen LogP contribution is -2.61. The van der Waals surface area contributed by atoms with Crippen LogP contribution >= 0.6 is 0 Å². The predicted octanol–water partition coefficient (Wildman–Crippen LogP) is -1.16. The molecule has 0 aromatic heterocycles. The number of aliphatic hydroxyl groups excluding tert-OH is 6. The first-order chi connectivity index (χ1) is 20.4. The third kappa shape index (κ3) is 6.08. The molecule has 3 heterocycles. The third-order valence-corrected chi connectivity index (χ3v) is 7.70. The minimum Gasteiger partial charge on any atom is -0.507 e. The Morgan fingerprint density at radius 3 is 2.23 bits per heavy atom. The van der Waals surface area contributed by atoms with Crippen LogP contribution in [-0.4, -0.2) is 122 Å². The zero-order valence-corrected chi connectivity index (χ0v) is 23.1. The lowest BCUT2D eigenvalue weighted by molar-refractivity contribution is -0.318. The molecule has 11 atom stereocenters. The van der Waals surface area contributed by atoms with Crippen molar-refractivity contribution in [2.45, 2.75) is 80.9 Å². The average Bonchev–Trinajstić information content (AvgIpc) is 2.97. The maximum Gasteiger partial charge on any atom is 0.229 e. The van der Waals surface area contributed by atoms with Crippen molar-refractivity contribution >= 4 is 5.78 Å². The number of rotatable bonds is 7. The zero-order chi connectivity index (χ0) is 31.2. The maximum absolute atomic E-state index is 12.9. The van der Waals surface area contributed by atoms with Gasteiger partial charge in [-0.25, -0.2) is 0 Å². The first kappa shape index (κ1) is 31.2. The number of hydrogen-bond donors (Lipinski definition) is 8. The minimum atomic E-state index is -1.77. The van der Waals surface area contributed by atoms with E-state index < -0.39 is 85.7 Å². The van der Waals surface area contributed by atoms with E-state index in [1.54, 1.807) is 6.07 Å². The molecule has 8 N–H and O–H groups in total. The summed E-state index contributed by atoms with van der Waals surface area (Å²) in [6.45, 7) is 0.964. The molecular weight excluding hydrogens is 576 g/mol. The summed E-state index contributed by atoms with van der Waals surface area (Å²) < 4.78 is 33.1. The van der Waals surface area contributed by atoms with E-state index in [1.807, 2.05) is 0 Å². The van der Waals surface area contributed by atoms with Gasteiger partial charge in [0.05, 0.1) is 26.2 Å². The number of fused-ring (bicyclic) bond motifs is 1. The Morgan fingerprint density at radius 2 is 1.53 bits per heavy atom. The van der Waals surface area contributed by atoms with Crippen LogP contribution in [0.25, 0.3) is 0 Å². The van der Waals surface area contributed by atoms with Gasteiger partial charge in [0.15, 0.2) is 23.6 Å². The normalized spacial score (nSPS) is 36.0. The molecule has 3 aliphatic rings. The molecule has 2 aromatic carbocycles. The van der Waals surface area contributed by atoms with Gasteiger partial charge in [0.25, 0.3) is 0 Å². The van der Waals surface area contributed by atoms with Crippen molar-refractivity contribution in [2.75, 3.05) is 13.7 Å². The summed E-state index contributed by atoms with van der Waals surface area (Å²) in [7, 11) is 1.39. The molecule has 0 bridgehead atoms. The van der Waals surface area contributed by atoms with E-state index in [1.165, 1.54) is 32.2 Å². The average molecular weight is 611 g/mol. The van der Waals surface area contributed by atoms with E-state index in [2.05, 4.69) is 0 Å². The van der Waals surface area contributed by atoms with Gasteiger partial charge >= 0.3 is 0 Å². The lowest BCUT2D eigenvalue weighted by Gasteiger charge is -2.42. The van der Waals surface area contributed by atoms with Crippen molar-refractivity contribution in [3.05, 3.63) is 41.5 Å². The molecule has 3 aliphatic heterocycles. The standard InChI is InChI=1S/C28H34O15/c1-10-21(32)23(34)25(36)27(40-10)39-9-19-22(33)24(35)26(37)28(43-19)41-12-6-14(30)20-15(31)8-17(42-18(20)7-12)11-3-4-16(38-2)13(29)5-11/h3-7,10,17,19,21-30,32-37H,8-9H2,1-2H3/t10-,17?,19-,21-,22-,23+,24+,25+,26-,27-,28-/m1/s1. The van der Waals surface area contributed by atoms with Crippen LogP contribution in [0.2, 0.25) is 0 Å². The second-order valence-corrected chi connectivity index (χ2v) is 10.6. The van der Waals surface area contributed by atoms with E-state index in [0.29, 0.717) is 5.56 Å². The first-order valence-electron chi connectivity index (χ1n) is 13.5. The Balaban J connectivity index is 1.30. The Morgan fingerprint density at radius 1 is 0.837 bits per heavy atom. The summed E-state index contributed by atoms with van der Waals surface area (Å²) >= 11 is 0. The molecule has 1 unspecified atom stereocenters. The number of carbonyl (C=O) groups excluding carboxylic acids is 1. The molecular formula is C28H34O15. The number of aromatic hydroxyl groups is 2. The lowest BCUT2D eigenvalue weighted by atomic mass is 9.95. The number of methoxy groups -OCH3 is 1. The number of ether oxygens (including phenoxy) is 6. The molecule has 0 radical (unpaired) electrons. The maximum atomic E-state index is 12.9. The summed E-state index contributed by atoms with van der Waals surface area (Å²) in [6.07, 6.45) is -15.9. The van der Waals surface area contributed by atoms with Gasteiger partial charge in [-0.15, -0.1) is 0 Å². The van der Waals surface area contributed by atoms with Crippen molar-refractivity contribution < 1.29 is 74.1 Å². The van der Waals surface area contributed by atoms with Crippen molar-refractivity contribution in [1.82, 2.24) is 0 Å². The van der Waals surface area contributed by atoms with Gasteiger partial charge in [0.2, 0.25) is 6.29 Å². The Hall–Kier alpha value is -3.25. The van der Waals surface area contributed by atoms with E-state index in [4.69, 9.17) is 28.4 Å². The van der Waals surface area contributed by atoms with Crippen LogP contribution < -0.4 is 14.2 Å². The summed E-state index contributed by atoms with van der Waals surface area (Å²) in [5.74, 6) is -0.999. The molecule has 15 heteroatoms. The summed E-state index contributed by atoms with van der Waals surface area (Å²) in [4.78, 5) is 12.9. The van der Waals surface area contributed by atoms with Crippen LogP contribution in [0.5, 0.6) is 28.7 Å². The van der Waals surface area contributed by atoms with E-state index >= 15 is 0 Å². The molecule has 2 fully saturated rings. The Kier molecular flexibility index (Phi) is 8.99. The van der Waals surface area contributed by atoms with Crippen LogP contribution in [-0.2, 0) is 14.2 Å². The van der Waals surface area contributed by atoms with Gasteiger partial charge in [-0.1, -0.05) is 6.07 Å². The number of Topliss-reactive ketones (excluding diaryl/α,β-unsaturated/α-hetero) is 1. The highest BCUT2D eigenvalue weighted by molar-refractivity contribution is 6.02. The zero-order valence-electron chi connectivity index (χ0n) is 23.1. The molecule has 5 rings (SSSR count). The molecule has 2 saturated heterocycles. The highest BCUT2D eigenvalue weighted by atomic mass is 16.7.